The van der Waals surface area contributed by atoms with Crippen LogP contribution in [0.1, 0.15) is 37.5 Å². The fourth-order valence-corrected chi connectivity index (χ4v) is 3.75. The maximum atomic E-state index is 13.0. The molecule has 8 heteroatoms. The smallest absolute Gasteiger partial charge is 0.337 e. The highest BCUT2D eigenvalue weighted by Gasteiger charge is 2.26. The van der Waals surface area contributed by atoms with E-state index < -0.39 is 10.9 Å². The number of hydrogen-bond donors (Lipinski definition) is 1. The number of nitro benzene ring substituents is 1. The lowest BCUT2D eigenvalue weighted by Crippen LogP contribution is -2.35. The molecule has 4 rings (SSSR count). The molecule has 0 atom stereocenters. The Kier molecular flexibility index (Phi) is 4.54. The Morgan fingerprint density at radius 1 is 1.17 bits per heavy atom. The summed E-state index contributed by atoms with van der Waals surface area (Å²) in [6.45, 7) is 2.51. The summed E-state index contributed by atoms with van der Waals surface area (Å²) in [5, 5.41) is 12.1. The number of nitrogens with one attached hydrogen (secondary N) is 1. The molecule has 0 saturated carbocycles. The maximum absolute atomic E-state index is 13.0. The van der Waals surface area contributed by atoms with E-state index in [4.69, 9.17) is 4.74 Å². The topological polar surface area (TPSA) is 106 Å². The van der Waals surface area contributed by atoms with Crippen molar-refractivity contribution in [3.8, 4) is 0 Å². The van der Waals surface area contributed by atoms with E-state index in [0.717, 1.165) is 22.2 Å². The largest absolute Gasteiger partial charge is 0.465 e. The molecule has 148 valence electrons. The number of aryl methyl sites for hydroxylation is 1. The molecular weight excluding hydrogens is 374 g/mol. The number of fused-ring (bicyclic) bond motifs is 3. The van der Waals surface area contributed by atoms with Crippen molar-refractivity contribution < 1.29 is 19.2 Å². The molecule has 1 aliphatic rings. The number of ether oxygens (including phenoxy) is 1. The van der Waals surface area contributed by atoms with Crippen LogP contribution >= 0.6 is 0 Å². The predicted octanol–water partition coefficient (Wildman–Crippen LogP) is 3.37. The van der Waals surface area contributed by atoms with Gasteiger partial charge in [0.2, 0.25) is 0 Å². The minimum absolute atomic E-state index is 0.0663. The molecule has 2 heterocycles. The van der Waals surface area contributed by atoms with Crippen LogP contribution in [0.2, 0.25) is 0 Å². The van der Waals surface area contributed by atoms with Crippen LogP contribution in [0, 0.1) is 17.0 Å². The first-order chi connectivity index (χ1) is 13.9. The number of esters is 1. The van der Waals surface area contributed by atoms with Crippen LogP contribution in [0.4, 0.5) is 5.69 Å². The summed E-state index contributed by atoms with van der Waals surface area (Å²) in [7, 11) is 1.33. The van der Waals surface area contributed by atoms with Crippen molar-refractivity contribution in [1.29, 1.82) is 0 Å². The molecule has 0 aliphatic carbocycles. The number of H-pyrrole nitrogens is 1. The number of rotatable bonds is 3. The number of methoxy groups -OCH3 is 1. The molecule has 8 nitrogen and oxygen atoms in total. The number of carbonyl (C=O) groups excluding carboxylic acids is 2. The van der Waals surface area contributed by atoms with Crippen molar-refractivity contribution in [2.24, 2.45) is 0 Å². The first kappa shape index (κ1) is 18.7. The lowest BCUT2D eigenvalue weighted by atomic mass is 10.0. The molecule has 1 aliphatic heterocycles. The third-order valence-electron chi connectivity index (χ3n) is 5.34. The summed E-state index contributed by atoms with van der Waals surface area (Å²) in [6.07, 6.45) is 0.636. The van der Waals surface area contributed by atoms with E-state index in [0.29, 0.717) is 36.2 Å². The van der Waals surface area contributed by atoms with Crippen molar-refractivity contribution in [3.63, 3.8) is 0 Å². The number of carbonyl (C=O) groups is 2. The van der Waals surface area contributed by atoms with Crippen LogP contribution in [0.25, 0.3) is 10.9 Å². The average molecular weight is 393 g/mol. The normalized spacial score (nSPS) is 13.2. The van der Waals surface area contributed by atoms with E-state index in [1.807, 2.05) is 6.07 Å². The first-order valence-corrected chi connectivity index (χ1v) is 9.15. The molecule has 0 saturated heterocycles. The number of aromatic amines is 1. The quantitative estimate of drug-likeness (QED) is 0.417. The number of nitro groups is 1. The van der Waals surface area contributed by atoms with E-state index in [-0.39, 0.29) is 11.6 Å². The fourth-order valence-electron chi connectivity index (χ4n) is 3.75. The zero-order chi connectivity index (χ0) is 20.7. The van der Waals surface area contributed by atoms with Crippen LogP contribution in [-0.2, 0) is 17.7 Å². The Morgan fingerprint density at radius 2 is 1.93 bits per heavy atom. The van der Waals surface area contributed by atoms with Crippen molar-refractivity contribution >= 4 is 28.5 Å². The van der Waals surface area contributed by atoms with Gasteiger partial charge in [-0.05, 0) is 31.2 Å². The van der Waals surface area contributed by atoms with Gasteiger partial charge in [-0.2, -0.15) is 0 Å². The summed E-state index contributed by atoms with van der Waals surface area (Å²) in [5.74, 6) is -0.672. The summed E-state index contributed by atoms with van der Waals surface area (Å²) >= 11 is 0. The summed E-state index contributed by atoms with van der Waals surface area (Å²) < 4.78 is 4.79. The first-order valence-electron chi connectivity index (χ1n) is 9.15. The van der Waals surface area contributed by atoms with Crippen LogP contribution in [-0.4, -0.2) is 40.3 Å². The minimum Gasteiger partial charge on any atom is -0.465 e. The van der Waals surface area contributed by atoms with Gasteiger partial charge >= 0.3 is 5.97 Å². The van der Waals surface area contributed by atoms with E-state index in [9.17, 15) is 19.7 Å². The fraction of sp³-hybridized carbons (Fsp3) is 0.238. The molecular formula is C21H19N3O5. The van der Waals surface area contributed by atoms with Gasteiger partial charge in [0.25, 0.3) is 11.6 Å². The minimum atomic E-state index is -0.478. The van der Waals surface area contributed by atoms with Gasteiger partial charge in [0, 0.05) is 58.9 Å². The molecule has 1 amide bonds. The molecule has 0 spiro atoms. The standard InChI is InChI=1S/C21H19N3O5/c1-12-3-4-13(10-19(12)24(27)28)20(25)23-8-7-18-16(11-23)15-9-14(21(26)29-2)5-6-17(15)22-18/h3-6,9-10,22H,7-8,11H2,1-2H3. The second kappa shape index (κ2) is 7.05. The molecule has 0 radical (unpaired) electrons. The Bertz CT molecular complexity index is 1160. The van der Waals surface area contributed by atoms with Crippen LogP contribution in [0.15, 0.2) is 36.4 Å². The Labute approximate surface area is 166 Å². The van der Waals surface area contributed by atoms with Crippen molar-refractivity contribution in [3.05, 3.63) is 74.5 Å². The van der Waals surface area contributed by atoms with Gasteiger partial charge in [-0.3, -0.25) is 14.9 Å². The monoisotopic (exact) mass is 393 g/mol. The second-order valence-electron chi connectivity index (χ2n) is 7.07. The third-order valence-corrected chi connectivity index (χ3v) is 5.34. The van der Waals surface area contributed by atoms with Crippen LogP contribution in [0.5, 0.6) is 0 Å². The van der Waals surface area contributed by atoms with E-state index in [1.54, 1.807) is 36.1 Å². The van der Waals surface area contributed by atoms with Gasteiger partial charge in [-0.1, -0.05) is 6.07 Å². The molecule has 29 heavy (non-hydrogen) atoms. The summed E-state index contributed by atoms with van der Waals surface area (Å²) in [6, 6.07) is 9.83. The molecule has 0 fully saturated rings. The van der Waals surface area contributed by atoms with E-state index in [1.165, 1.54) is 13.2 Å². The number of amides is 1. The maximum Gasteiger partial charge on any atom is 0.337 e. The molecule has 0 unspecified atom stereocenters. The number of nitrogens with zero attached hydrogens (tertiary/aromatic N) is 2. The number of hydrogen-bond acceptors (Lipinski definition) is 5. The van der Waals surface area contributed by atoms with Crippen LogP contribution in [0.3, 0.4) is 0 Å². The highest BCUT2D eigenvalue weighted by molar-refractivity contribution is 5.98. The lowest BCUT2D eigenvalue weighted by Gasteiger charge is -2.27. The predicted molar refractivity (Wildman–Crippen MR) is 106 cm³/mol. The SMILES string of the molecule is COC(=O)c1ccc2[nH]c3c(c2c1)CN(C(=O)c1ccc(C)c([N+](=O)[O-])c1)CC3. The molecule has 1 N–H and O–H groups in total. The lowest BCUT2D eigenvalue weighted by molar-refractivity contribution is -0.385. The summed E-state index contributed by atoms with van der Waals surface area (Å²) in [5.41, 5.74) is 4.05. The van der Waals surface area contributed by atoms with Gasteiger partial charge in [0.15, 0.2) is 0 Å². The highest BCUT2D eigenvalue weighted by Crippen LogP contribution is 2.30. The van der Waals surface area contributed by atoms with Crippen molar-refractivity contribution in [1.82, 2.24) is 9.88 Å². The van der Waals surface area contributed by atoms with Gasteiger partial charge in [0.1, 0.15) is 0 Å². The Morgan fingerprint density at radius 3 is 2.66 bits per heavy atom. The number of aromatic nitrogens is 1. The van der Waals surface area contributed by atoms with Gasteiger partial charge in [-0.25, -0.2) is 4.79 Å². The Balaban J connectivity index is 1.67. The van der Waals surface area contributed by atoms with Crippen LogP contribution < -0.4 is 0 Å². The summed E-state index contributed by atoms with van der Waals surface area (Å²) in [4.78, 5) is 40.6. The van der Waals surface area contributed by atoms with Gasteiger partial charge in [0.05, 0.1) is 17.6 Å². The molecule has 3 aromatic rings. The van der Waals surface area contributed by atoms with Crippen molar-refractivity contribution in [2.75, 3.05) is 13.7 Å². The van der Waals surface area contributed by atoms with E-state index in [2.05, 4.69) is 4.98 Å². The highest BCUT2D eigenvalue weighted by atomic mass is 16.6. The Hall–Kier alpha value is -3.68. The zero-order valence-corrected chi connectivity index (χ0v) is 16.0. The molecule has 0 bridgehead atoms. The zero-order valence-electron chi connectivity index (χ0n) is 16.0. The molecule has 1 aromatic heterocycles. The van der Waals surface area contributed by atoms with Gasteiger partial charge < -0.3 is 14.6 Å². The third kappa shape index (κ3) is 3.22. The van der Waals surface area contributed by atoms with E-state index >= 15 is 0 Å². The second-order valence-corrected chi connectivity index (χ2v) is 7.07. The van der Waals surface area contributed by atoms with Gasteiger partial charge in [-0.15, -0.1) is 0 Å². The van der Waals surface area contributed by atoms with Crippen molar-refractivity contribution in [2.45, 2.75) is 19.9 Å². The number of benzene rings is 2. The average Bonchev–Trinajstić information content (AvgIpc) is 3.09. The molecule has 2 aromatic carbocycles.